The molecule has 0 spiro atoms. The molecule has 0 unspecified atom stereocenters. The molecule has 1 heteroatoms. The molecule has 0 fully saturated rings. The Morgan fingerprint density at radius 1 is 0.818 bits per heavy atom. The van der Waals surface area contributed by atoms with Crippen LogP contribution in [0.5, 0.6) is 0 Å². The third-order valence-electron chi connectivity index (χ3n) is 2.11. The van der Waals surface area contributed by atoms with Crippen LogP contribution in [0.25, 0.3) is 0 Å². The van der Waals surface area contributed by atoms with E-state index < -0.39 is 0 Å². The predicted octanol–water partition coefficient (Wildman–Crippen LogP) is 1.49. The van der Waals surface area contributed by atoms with Crippen molar-refractivity contribution < 1.29 is 4.90 Å². The van der Waals surface area contributed by atoms with Crippen molar-refractivity contribution >= 4 is 0 Å². The molecule has 0 rings (SSSR count). The zero-order chi connectivity index (χ0) is 9.23. The topological polar surface area (TPSA) is 4.44 Å². The van der Waals surface area contributed by atoms with Crippen molar-refractivity contribution in [3.05, 3.63) is 0 Å². The maximum atomic E-state index is 2.31. The second-order valence-corrected chi connectivity index (χ2v) is 5.01. The van der Waals surface area contributed by atoms with E-state index in [9.17, 15) is 0 Å². The predicted molar refractivity (Wildman–Crippen MR) is 51.0 cm³/mol. The van der Waals surface area contributed by atoms with E-state index in [1.807, 2.05) is 0 Å². The van der Waals surface area contributed by atoms with Gasteiger partial charge in [-0.2, -0.15) is 0 Å². The fourth-order valence-electron chi connectivity index (χ4n) is 2.40. The molecule has 0 atom stereocenters. The van der Waals surface area contributed by atoms with Gasteiger partial charge in [0.1, 0.15) is 0 Å². The van der Waals surface area contributed by atoms with Crippen molar-refractivity contribution in [2.75, 3.05) is 0 Å². The van der Waals surface area contributed by atoms with Crippen LogP contribution in [0.1, 0.15) is 48.5 Å². The van der Waals surface area contributed by atoms with E-state index in [1.54, 1.807) is 4.90 Å². The summed E-state index contributed by atoms with van der Waals surface area (Å²) in [5, 5.41) is 0. The average molecular weight is 158 g/mol. The first kappa shape index (κ1) is 11.0. The van der Waals surface area contributed by atoms with Gasteiger partial charge in [-0.15, -0.1) is 0 Å². The van der Waals surface area contributed by atoms with Crippen molar-refractivity contribution in [1.82, 2.24) is 0 Å². The molecule has 11 heavy (non-hydrogen) atoms. The van der Waals surface area contributed by atoms with Crippen LogP contribution in [0.4, 0.5) is 0 Å². The highest BCUT2D eigenvalue weighted by atomic mass is 15.2. The standard InChI is InChI=1S/C10H23N/c1-8(2)11(9(3)4)10(5,6)7/h8-9H,1-7H3/p+1. The fourth-order valence-corrected chi connectivity index (χ4v) is 2.40. The summed E-state index contributed by atoms with van der Waals surface area (Å²) in [7, 11) is 0. The summed E-state index contributed by atoms with van der Waals surface area (Å²) in [5.41, 5.74) is 0.377. The Morgan fingerprint density at radius 3 is 1.09 bits per heavy atom. The minimum atomic E-state index is 0.377. The quantitative estimate of drug-likeness (QED) is 0.621. The maximum Gasteiger partial charge on any atom is 0.0895 e. The van der Waals surface area contributed by atoms with E-state index in [-0.39, 0.29) is 0 Å². The van der Waals surface area contributed by atoms with Crippen molar-refractivity contribution in [1.29, 1.82) is 0 Å². The summed E-state index contributed by atoms with van der Waals surface area (Å²) < 4.78 is 0. The van der Waals surface area contributed by atoms with Gasteiger partial charge >= 0.3 is 0 Å². The summed E-state index contributed by atoms with van der Waals surface area (Å²) in [5.74, 6) is 0. The molecule has 1 N–H and O–H groups in total. The Hall–Kier alpha value is -0.0400. The lowest BCUT2D eigenvalue weighted by atomic mass is 10.0. The molecule has 0 aliphatic carbocycles. The molecule has 0 aliphatic rings. The molecule has 0 amide bonds. The minimum Gasteiger partial charge on any atom is -0.327 e. The van der Waals surface area contributed by atoms with Gasteiger partial charge in [-0.25, -0.2) is 0 Å². The molecule has 0 heterocycles. The number of hydrogen-bond acceptors (Lipinski definition) is 0. The summed E-state index contributed by atoms with van der Waals surface area (Å²) >= 11 is 0. The summed E-state index contributed by atoms with van der Waals surface area (Å²) in [6.45, 7) is 16.1. The SMILES string of the molecule is CC(C)[NH+](C(C)C)C(C)(C)C. The number of quaternary nitrogens is 1. The second kappa shape index (κ2) is 3.57. The highest BCUT2D eigenvalue weighted by molar-refractivity contribution is 4.60. The van der Waals surface area contributed by atoms with Gasteiger partial charge in [0.2, 0.25) is 0 Å². The van der Waals surface area contributed by atoms with Crippen molar-refractivity contribution in [3.63, 3.8) is 0 Å². The Balaban J connectivity index is 4.35. The minimum absolute atomic E-state index is 0.377. The first-order valence-corrected chi connectivity index (χ1v) is 4.64. The highest BCUT2D eigenvalue weighted by Gasteiger charge is 2.29. The van der Waals surface area contributed by atoms with E-state index in [0.29, 0.717) is 5.54 Å². The normalized spacial score (nSPS) is 13.6. The second-order valence-electron chi connectivity index (χ2n) is 5.01. The molecule has 1 nitrogen and oxygen atoms in total. The van der Waals surface area contributed by atoms with E-state index in [2.05, 4.69) is 48.5 Å². The van der Waals surface area contributed by atoms with Crippen LogP contribution >= 0.6 is 0 Å². The first-order valence-electron chi connectivity index (χ1n) is 4.64. The van der Waals surface area contributed by atoms with Crippen LogP contribution < -0.4 is 4.90 Å². The van der Waals surface area contributed by atoms with Crippen LogP contribution in [0, 0.1) is 0 Å². The van der Waals surface area contributed by atoms with Gasteiger partial charge in [0.05, 0.1) is 17.6 Å². The van der Waals surface area contributed by atoms with Crippen LogP contribution in [0.15, 0.2) is 0 Å². The van der Waals surface area contributed by atoms with E-state index in [0.717, 1.165) is 12.1 Å². The summed E-state index contributed by atoms with van der Waals surface area (Å²) in [6.07, 6.45) is 0. The lowest BCUT2D eigenvalue weighted by Crippen LogP contribution is -3.24. The van der Waals surface area contributed by atoms with Gasteiger partial charge in [-0.1, -0.05) is 0 Å². The maximum absolute atomic E-state index is 2.31. The molecule has 0 radical (unpaired) electrons. The smallest absolute Gasteiger partial charge is 0.0895 e. The van der Waals surface area contributed by atoms with Crippen molar-refractivity contribution in [2.24, 2.45) is 0 Å². The summed E-state index contributed by atoms with van der Waals surface area (Å²) in [6, 6.07) is 1.44. The van der Waals surface area contributed by atoms with Gasteiger partial charge in [-0.3, -0.25) is 0 Å². The Bertz CT molecular complexity index is 101. The third kappa shape index (κ3) is 3.24. The van der Waals surface area contributed by atoms with Crippen LogP contribution in [0.3, 0.4) is 0 Å². The van der Waals surface area contributed by atoms with E-state index in [4.69, 9.17) is 0 Å². The molecule has 0 aromatic carbocycles. The molecule has 0 saturated carbocycles. The molecule has 0 bridgehead atoms. The molecular formula is C10H24N+. The van der Waals surface area contributed by atoms with Gasteiger partial charge in [0, 0.05) is 0 Å². The molecule has 0 saturated heterocycles. The van der Waals surface area contributed by atoms with Crippen molar-refractivity contribution in [2.45, 2.75) is 66.1 Å². The third-order valence-corrected chi connectivity index (χ3v) is 2.11. The van der Waals surface area contributed by atoms with Gasteiger partial charge in [-0.05, 0) is 48.5 Å². The Kier molecular flexibility index (Phi) is 3.56. The lowest BCUT2D eigenvalue weighted by Gasteiger charge is -2.38. The fraction of sp³-hybridized carbons (Fsp3) is 1.00. The lowest BCUT2D eigenvalue weighted by molar-refractivity contribution is -0.985. The monoisotopic (exact) mass is 158 g/mol. The first-order chi connectivity index (χ1) is 4.76. The Morgan fingerprint density at radius 2 is 1.09 bits per heavy atom. The highest BCUT2D eigenvalue weighted by Crippen LogP contribution is 1.96. The summed E-state index contributed by atoms with van der Waals surface area (Å²) in [4.78, 5) is 1.68. The molecule has 0 aromatic rings. The molecule has 0 aromatic heterocycles. The van der Waals surface area contributed by atoms with Gasteiger partial charge in [0.15, 0.2) is 0 Å². The molecular weight excluding hydrogens is 134 g/mol. The number of nitrogens with one attached hydrogen (secondary N) is 1. The van der Waals surface area contributed by atoms with Crippen LogP contribution in [-0.2, 0) is 0 Å². The molecule has 0 aliphatic heterocycles. The zero-order valence-corrected chi connectivity index (χ0v) is 9.15. The number of rotatable bonds is 2. The van der Waals surface area contributed by atoms with E-state index >= 15 is 0 Å². The Labute approximate surface area is 71.8 Å². The van der Waals surface area contributed by atoms with Crippen LogP contribution in [-0.4, -0.2) is 17.6 Å². The van der Waals surface area contributed by atoms with E-state index in [1.165, 1.54) is 0 Å². The van der Waals surface area contributed by atoms with Gasteiger partial charge < -0.3 is 4.90 Å². The number of hydrogen-bond donors (Lipinski definition) is 1. The van der Waals surface area contributed by atoms with Crippen molar-refractivity contribution in [3.8, 4) is 0 Å². The van der Waals surface area contributed by atoms with Gasteiger partial charge in [0.25, 0.3) is 0 Å². The zero-order valence-electron chi connectivity index (χ0n) is 9.15. The average Bonchev–Trinajstić information content (AvgIpc) is 1.54. The largest absolute Gasteiger partial charge is 0.327 e. The molecule has 68 valence electrons. The van der Waals surface area contributed by atoms with Crippen LogP contribution in [0.2, 0.25) is 0 Å².